The fourth-order valence-corrected chi connectivity index (χ4v) is 6.85. The van der Waals surface area contributed by atoms with Crippen molar-refractivity contribution in [3.63, 3.8) is 0 Å². The van der Waals surface area contributed by atoms with E-state index < -0.39 is 0 Å². The van der Waals surface area contributed by atoms with Crippen LogP contribution < -0.4 is 15.8 Å². The molecular formula is C32H36FN9O. The van der Waals surface area contributed by atoms with Crippen LogP contribution in [0.5, 0.6) is 0 Å². The van der Waals surface area contributed by atoms with Gasteiger partial charge < -0.3 is 19.7 Å². The Hall–Kier alpha value is -4.51. The van der Waals surface area contributed by atoms with Crippen molar-refractivity contribution in [1.29, 1.82) is 0 Å². The van der Waals surface area contributed by atoms with Crippen molar-refractivity contribution in [3.05, 3.63) is 78.0 Å². The van der Waals surface area contributed by atoms with Crippen LogP contribution in [0, 0.1) is 11.8 Å². The SMILES string of the molecule is C=CCn1c(=O)c2cnc(Nc3ccc(N4CC5CC(CN(CCF)C5)C4)cc3)nc2n1-c1ccc2ncn(CC)c2c1. The summed E-state index contributed by atoms with van der Waals surface area (Å²) in [4.78, 5) is 31.9. The van der Waals surface area contributed by atoms with Crippen molar-refractivity contribution in [2.45, 2.75) is 26.4 Å². The van der Waals surface area contributed by atoms with E-state index in [2.05, 4.69) is 55.3 Å². The lowest BCUT2D eigenvalue weighted by Crippen LogP contribution is -2.53. The molecule has 7 rings (SSSR count). The van der Waals surface area contributed by atoms with Crippen LogP contribution in [0.2, 0.25) is 0 Å². The van der Waals surface area contributed by atoms with E-state index in [1.807, 2.05) is 41.3 Å². The Morgan fingerprint density at radius 2 is 1.81 bits per heavy atom. The molecule has 2 fully saturated rings. The number of imidazole rings is 1. The number of hydrogen-bond donors (Lipinski definition) is 1. The normalized spacial score (nSPS) is 18.9. The van der Waals surface area contributed by atoms with E-state index >= 15 is 0 Å². The lowest BCUT2D eigenvalue weighted by Gasteiger charge is -2.46. The molecule has 10 nitrogen and oxygen atoms in total. The van der Waals surface area contributed by atoms with E-state index in [-0.39, 0.29) is 12.2 Å². The molecule has 11 heteroatoms. The predicted octanol–water partition coefficient (Wildman–Crippen LogP) is 4.61. The molecule has 43 heavy (non-hydrogen) atoms. The molecule has 0 radical (unpaired) electrons. The smallest absolute Gasteiger partial charge is 0.278 e. The highest BCUT2D eigenvalue weighted by molar-refractivity contribution is 5.81. The number of nitrogens with zero attached hydrogens (tertiary/aromatic N) is 8. The van der Waals surface area contributed by atoms with Gasteiger partial charge in [0.15, 0.2) is 5.65 Å². The van der Waals surface area contributed by atoms with Crippen LogP contribution in [-0.4, -0.2) is 73.2 Å². The Morgan fingerprint density at radius 3 is 2.53 bits per heavy atom. The Bertz CT molecular complexity index is 1830. The van der Waals surface area contributed by atoms with Gasteiger partial charge in [-0.1, -0.05) is 6.08 Å². The van der Waals surface area contributed by atoms with Crippen molar-refractivity contribution in [2.75, 3.05) is 49.6 Å². The van der Waals surface area contributed by atoms with Gasteiger partial charge in [-0.15, -0.1) is 6.58 Å². The highest BCUT2D eigenvalue weighted by Gasteiger charge is 2.34. The van der Waals surface area contributed by atoms with Gasteiger partial charge in [-0.2, -0.15) is 4.98 Å². The molecule has 2 saturated heterocycles. The third-order valence-electron chi connectivity index (χ3n) is 8.71. The average Bonchev–Trinajstić information content (AvgIpc) is 3.55. The van der Waals surface area contributed by atoms with Gasteiger partial charge in [-0.25, -0.2) is 23.7 Å². The Morgan fingerprint density at radius 1 is 1.05 bits per heavy atom. The molecule has 2 aliphatic heterocycles. The largest absolute Gasteiger partial charge is 0.371 e. The molecule has 3 aromatic heterocycles. The maximum absolute atomic E-state index is 13.4. The van der Waals surface area contributed by atoms with Crippen LogP contribution in [0.15, 0.2) is 72.4 Å². The zero-order valence-electron chi connectivity index (χ0n) is 24.4. The summed E-state index contributed by atoms with van der Waals surface area (Å²) in [6.07, 6.45) is 6.35. The van der Waals surface area contributed by atoms with Crippen molar-refractivity contribution >= 4 is 39.4 Å². The molecular weight excluding hydrogens is 545 g/mol. The highest BCUT2D eigenvalue weighted by Crippen LogP contribution is 2.32. The number of aryl methyl sites for hydroxylation is 1. The quantitative estimate of drug-likeness (QED) is 0.254. The Labute approximate surface area is 249 Å². The van der Waals surface area contributed by atoms with Gasteiger partial charge in [0.25, 0.3) is 5.56 Å². The van der Waals surface area contributed by atoms with Crippen LogP contribution in [0.3, 0.4) is 0 Å². The fraction of sp³-hybridized carbons (Fsp3) is 0.375. The maximum Gasteiger partial charge on any atom is 0.278 e. The third-order valence-corrected chi connectivity index (χ3v) is 8.71. The molecule has 2 aromatic carbocycles. The summed E-state index contributed by atoms with van der Waals surface area (Å²) < 4.78 is 18.4. The van der Waals surface area contributed by atoms with E-state index in [4.69, 9.17) is 4.98 Å². The third kappa shape index (κ3) is 5.07. The van der Waals surface area contributed by atoms with Gasteiger partial charge in [-0.05, 0) is 67.6 Å². The van der Waals surface area contributed by atoms with Crippen LogP contribution in [0.4, 0.5) is 21.7 Å². The number of benzene rings is 2. The summed E-state index contributed by atoms with van der Waals surface area (Å²) in [5.74, 6) is 1.56. The molecule has 5 aromatic rings. The van der Waals surface area contributed by atoms with Crippen molar-refractivity contribution < 1.29 is 4.39 Å². The number of hydrogen-bond acceptors (Lipinski definition) is 7. The fourth-order valence-electron chi connectivity index (χ4n) is 6.85. The lowest BCUT2D eigenvalue weighted by atomic mass is 9.84. The number of rotatable bonds is 9. The van der Waals surface area contributed by atoms with Crippen LogP contribution in [-0.2, 0) is 13.1 Å². The van der Waals surface area contributed by atoms with Gasteiger partial charge in [-0.3, -0.25) is 4.79 Å². The minimum Gasteiger partial charge on any atom is -0.371 e. The van der Waals surface area contributed by atoms with E-state index in [1.54, 1.807) is 17.0 Å². The topological polar surface area (TPSA) is 89.0 Å². The van der Waals surface area contributed by atoms with Gasteiger partial charge in [0.05, 0.1) is 29.6 Å². The van der Waals surface area contributed by atoms with E-state index in [9.17, 15) is 9.18 Å². The number of allylic oxidation sites excluding steroid dienone is 1. The zero-order valence-corrected chi connectivity index (χ0v) is 24.4. The van der Waals surface area contributed by atoms with Crippen LogP contribution in [0.25, 0.3) is 27.8 Å². The van der Waals surface area contributed by atoms with E-state index in [0.717, 1.165) is 55.1 Å². The molecule has 0 saturated carbocycles. The Kier molecular flexibility index (Phi) is 7.18. The molecule has 0 amide bonds. The summed E-state index contributed by atoms with van der Waals surface area (Å²) in [5, 5.41) is 3.76. The second kappa shape index (κ2) is 11.3. The van der Waals surface area contributed by atoms with Gasteiger partial charge in [0, 0.05) is 56.8 Å². The van der Waals surface area contributed by atoms with Crippen LogP contribution in [0.1, 0.15) is 13.3 Å². The minimum absolute atomic E-state index is 0.172. The monoisotopic (exact) mass is 581 g/mol. The van der Waals surface area contributed by atoms with Gasteiger partial charge in [0.2, 0.25) is 5.95 Å². The molecule has 0 spiro atoms. The number of piperidine rings is 2. The zero-order chi connectivity index (χ0) is 29.5. The van der Waals surface area contributed by atoms with Crippen LogP contribution >= 0.6 is 0 Å². The first-order valence-electron chi connectivity index (χ1n) is 15.0. The number of alkyl halides is 1. The number of nitrogens with one attached hydrogen (secondary N) is 1. The first kappa shape index (κ1) is 27.3. The minimum atomic E-state index is -0.270. The van der Waals surface area contributed by atoms with Gasteiger partial charge in [0.1, 0.15) is 12.1 Å². The van der Waals surface area contributed by atoms with Crippen molar-refractivity contribution in [2.24, 2.45) is 11.8 Å². The second-order valence-electron chi connectivity index (χ2n) is 11.6. The van der Waals surface area contributed by atoms with E-state index in [1.165, 1.54) is 12.1 Å². The number of halogens is 1. The predicted molar refractivity (Wildman–Crippen MR) is 168 cm³/mol. The molecule has 2 bridgehead atoms. The first-order chi connectivity index (χ1) is 21.0. The molecule has 0 aliphatic carbocycles. The second-order valence-corrected chi connectivity index (χ2v) is 11.6. The molecule has 2 atom stereocenters. The molecule has 222 valence electrons. The Balaban J connectivity index is 1.16. The van der Waals surface area contributed by atoms with E-state index in [0.29, 0.717) is 41.9 Å². The molecule has 2 unspecified atom stereocenters. The number of fused-ring (bicyclic) bond motifs is 4. The summed E-state index contributed by atoms with van der Waals surface area (Å²) in [5.41, 5.74) is 5.09. The summed E-state index contributed by atoms with van der Waals surface area (Å²) >= 11 is 0. The van der Waals surface area contributed by atoms with Gasteiger partial charge >= 0.3 is 0 Å². The maximum atomic E-state index is 13.4. The summed E-state index contributed by atoms with van der Waals surface area (Å²) in [7, 11) is 0. The number of likely N-dealkylation sites (tertiary alicyclic amines) is 1. The summed E-state index contributed by atoms with van der Waals surface area (Å²) in [6.45, 7) is 11.3. The van der Waals surface area contributed by atoms with Crippen molar-refractivity contribution in [3.8, 4) is 5.69 Å². The average molecular weight is 582 g/mol. The first-order valence-corrected chi connectivity index (χ1v) is 15.0. The number of aromatic nitrogens is 6. The number of anilines is 3. The molecule has 5 heterocycles. The standard InChI is InChI=1S/C32H36FN9O/c1-3-12-41-31(43)27-16-34-32(37-30(27)42(41)26-9-10-28-29(15-26)39(4-2)21-35-28)36-24-5-7-25(8-6-24)40-19-22-14-23(20-40)18-38(17-22)13-11-33/h3,5-10,15-16,21-23H,1,4,11-14,17-20H2,2H3,(H,34,36,37). The molecule has 1 N–H and O–H groups in total. The highest BCUT2D eigenvalue weighted by atomic mass is 19.1. The summed E-state index contributed by atoms with van der Waals surface area (Å²) in [6, 6.07) is 14.3. The molecule has 2 aliphatic rings. The van der Waals surface area contributed by atoms with Crippen molar-refractivity contribution in [1.82, 2.24) is 33.8 Å². The lowest BCUT2D eigenvalue weighted by molar-refractivity contribution is 0.103.